The second kappa shape index (κ2) is 3.22. The average Bonchev–Trinajstić information content (AvgIpc) is 2.56. The Labute approximate surface area is 83.4 Å². The van der Waals surface area contributed by atoms with Crippen molar-refractivity contribution in [3.63, 3.8) is 0 Å². The highest BCUT2D eigenvalue weighted by molar-refractivity contribution is 8.08. The summed E-state index contributed by atoms with van der Waals surface area (Å²) >= 11 is 1.75. The Morgan fingerprint density at radius 3 is 3.08 bits per heavy atom. The van der Waals surface area contributed by atoms with Gasteiger partial charge in [-0.1, -0.05) is 38.3 Å². The molecule has 1 saturated heterocycles. The van der Waals surface area contributed by atoms with Crippen molar-refractivity contribution in [2.24, 2.45) is 10.9 Å². The number of hydrogen-bond donors (Lipinski definition) is 0. The van der Waals surface area contributed by atoms with Crippen LogP contribution in [0.25, 0.3) is 0 Å². The van der Waals surface area contributed by atoms with Gasteiger partial charge in [-0.05, 0) is 5.92 Å². The van der Waals surface area contributed by atoms with Gasteiger partial charge >= 0.3 is 0 Å². The number of rotatable bonds is 1. The first-order chi connectivity index (χ1) is 6.18. The number of nitrogens with zero attached hydrogens (tertiary/aromatic N) is 2. The lowest BCUT2D eigenvalue weighted by Gasteiger charge is -2.09. The Kier molecular flexibility index (Phi) is 2.20. The zero-order valence-corrected chi connectivity index (χ0v) is 8.90. The number of hydrogen-bond acceptors (Lipinski definition) is 3. The van der Waals surface area contributed by atoms with Crippen molar-refractivity contribution in [1.29, 1.82) is 0 Å². The normalized spacial score (nSPS) is 24.5. The van der Waals surface area contributed by atoms with Crippen molar-refractivity contribution >= 4 is 17.6 Å². The Morgan fingerprint density at radius 2 is 2.38 bits per heavy atom. The summed E-state index contributed by atoms with van der Waals surface area (Å²) in [5.74, 6) is 1.72. The predicted octanol–water partition coefficient (Wildman–Crippen LogP) is 2.46. The molecule has 0 spiro atoms. The van der Waals surface area contributed by atoms with E-state index in [4.69, 9.17) is 0 Å². The molecule has 0 N–H and O–H groups in total. The molecule has 0 saturated carbocycles. The number of fused-ring (bicyclic) bond motifs is 1. The van der Waals surface area contributed by atoms with E-state index in [9.17, 15) is 0 Å². The molecule has 0 radical (unpaired) electrons. The van der Waals surface area contributed by atoms with Gasteiger partial charge in [0.2, 0.25) is 0 Å². The molecule has 0 aromatic rings. The number of aliphatic imine (C=N–C) groups is 1. The summed E-state index contributed by atoms with van der Waals surface area (Å²) in [4.78, 5) is 7.97. The minimum atomic E-state index is 0.582. The van der Waals surface area contributed by atoms with Gasteiger partial charge < -0.3 is 4.90 Å². The lowest BCUT2D eigenvalue weighted by molar-refractivity contribution is 0.608. The molecule has 2 aliphatic rings. The van der Waals surface area contributed by atoms with Crippen molar-refractivity contribution in [3.05, 3.63) is 22.6 Å². The summed E-state index contributed by atoms with van der Waals surface area (Å²) in [6.07, 6.45) is 2.26. The first-order valence-electron chi connectivity index (χ1n) is 4.59. The van der Waals surface area contributed by atoms with E-state index in [1.165, 1.54) is 4.91 Å². The first kappa shape index (κ1) is 8.88. The quantitative estimate of drug-likeness (QED) is 0.637. The fourth-order valence-corrected chi connectivity index (χ4v) is 2.69. The van der Waals surface area contributed by atoms with Gasteiger partial charge in [-0.25, -0.2) is 0 Å². The van der Waals surface area contributed by atoms with Crippen LogP contribution in [0.2, 0.25) is 0 Å². The van der Waals surface area contributed by atoms with Crippen LogP contribution in [0.15, 0.2) is 27.6 Å². The summed E-state index contributed by atoms with van der Waals surface area (Å²) in [7, 11) is 0. The van der Waals surface area contributed by atoms with Crippen molar-refractivity contribution in [1.82, 2.24) is 4.90 Å². The molecular formula is C10H14N2S. The average molecular weight is 194 g/mol. The van der Waals surface area contributed by atoms with E-state index in [0.29, 0.717) is 5.92 Å². The Morgan fingerprint density at radius 1 is 1.62 bits per heavy atom. The maximum absolute atomic E-state index is 4.48. The lowest BCUT2D eigenvalue weighted by atomic mass is 10.2. The van der Waals surface area contributed by atoms with E-state index in [2.05, 4.69) is 36.4 Å². The SMILES string of the molecule is C=C1SC(=CC(C)C)C2=NCCN12. The topological polar surface area (TPSA) is 15.6 Å². The molecule has 2 aliphatic heterocycles. The van der Waals surface area contributed by atoms with Gasteiger partial charge in [0, 0.05) is 6.54 Å². The van der Waals surface area contributed by atoms with E-state index in [1.54, 1.807) is 11.8 Å². The summed E-state index contributed by atoms with van der Waals surface area (Å²) in [6, 6.07) is 0. The molecule has 13 heavy (non-hydrogen) atoms. The minimum absolute atomic E-state index is 0.582. The molecule has 0 amide bonds. The van der Waals surface area contributed by atoms with Crippen LogP contribution in [-0.4, -0.2) is 23.8 Å². The molecule has 0 atom stereocenters. The minimum Gasteiger partial charge on any atom is -0.319 e. The fraction of sp³-hybridized carbons (Fsp3) is 0.500. The standard InChI is InChI=1S/C10H14N2S/c1-7(2)6-9-10-11-4-5-12(10)8(3)13-9/h6-7H,3-5H2,1-2H3. The number of amidine groups is 1. The predicted molar refractivity (Wildman–Crippen MR) is 58.7 cm³/mol. The molecule has 0 aromatic heterocycles. The maximum atomic E-state index is 4.48. The van der Waals surface area contributed by atoms with E-state index < -0.39 is 0 Å². The third-order valence-electron chi connectivity index (χ3n) is 2.07. The van der Waals surface area contributed by atoms with Gasteiger partial charge in [-0.2, -0.15) is 0 Å². The summed E-state index contributed by atoms with van der Waals surface area (Å²) in [5.41, 5.74) is 0. The number of allylic oxidation sites excluding steroid dienone is 1. The molecule has 2 rings (SSSR count). The van der Waals surface area contributed by atoms with Crippen LogP contribution in [0.4, 0.5) is 0 Å². The summed E-state index contributed by atoms with van der Waals surface area (Å²) in [5, 5.41) is 1.13. The van der Waals surface area contributed by atoms with Crippen molar-refractivity contribution in [3.8, 4) is 0 Å². The van der Waals surface area contributed by atoms with Gasteiger partial charge in [0.1, 0.15) is 5.84 Å². The first-order valence-corrected chi connectivity index (χ1v) is 5.41. The number of thioether (sulfide) groups is 1. The van der Waals surface area contributed by atoms with Crippen molar-refractivity contribution in [2.75, 3.05) is 13.1 Å². The highest BCUT2D eigenvalue weighted by Crippen LogP contribution is 2.39. The van der Waals surface area contributed by atoms with E-state index >= 15 is 0 Å². The lowest BCUT2D eigenvalue weighted by Crippen LogP contribution is -2.19. The van der Waals surface area contributed by atoms with Crippen LogP contribution in [0.3, 0.4) is 0 Å². The largest absolute Gasteiger partial charge is 0.319 e. The molecule has 3 heteroatoms. The highest BCUT2D eigenvalue weighted by Gasteiger charge is 2.30. The molecule has 0 aliphatic carbocycles. The second-order valence-corrected chi connectivity index (χ2v) is 4.74. The van der Waals surface area contributed by atoms with Crippen LogP contribution < -0.4 is 0 Å². The van der Waals surface area contributed by atoms with E-state index in [0.717, 1.165) is 24.0 Å². The Balaban J connectivity index is 2.29. The van der Waals surface area contributed by atoms with Gasteiger partial charge in [0.25, 0.3) is 0 Å². The zero-order chi connectivity index (χ0) is 9.42. The van der Waals surface area contributed by atoms with Crippen LogP contribution in [0.1, 0.15) is 13.8 Å². The smallest absolute Gasteiger partial charge is 0.142 e. The van der Waals surface area contributed by atoms with Gasteiger partial charge in [-0.15, -0.1) is 0 Å². The zero-order valence-electron chi connectivity index (χ0n) is 8.08. The molecular weight excluding hydrogens is 180 g/mol. The van der Waals surface area contributed by atoms with Gasteiger partial charge in [0.15, 0.2) is 0 Å². The van der Waals surface area contributed by atoms with Crippen LogP contribution >= 0.6 is 11.8 Å². The molecule has 0 bridgehead atoms. The molecule has 0 aromatic carbocycles. The molecule has 2 nitrogen and oxygen atoms in total. The molecule has 0 unspecified atom stereocenters. The molecule has 70 valence electrons. The Hall–Kier alpha value is -0.700. The van der Waals surface area contributed by atoms with Gasteiger partial charge in [-0.3, -0.25) is 4.99 Å². The summed E-state index contributed by atoms with van der Waals surface area (Å²) in [6.45, 7) is 10.3. The summed E-state index contributed by atoms with van der Waals surface area (Å²) < 4.78 is 0. The molecule has 2 heterocycles. The van der Waals surface area contributed by atoms with Crippen LogP contribution in [0, 0.1) is 5.92 Å². The third kappa shape index (κ3) is 1.53. The van der Waals surface area contributed by atoms with E-state index in [-0.39, 0.29) is 0 Å². The van der Waals surface area contributed by atoms with Gasteiger partial charge in [0.05, 0.1) is 16.5 Å². The highest BCUT2D eigenvalue weighted by atomic mass is 32.2. The Bertz CT molecular complexity index is 302. The van der Waals surface area contributed by atoms with Crippen LogP contribution in [0.5, 0.6) is 0 Å². The van der Waals surface area contributed by atoms with Crippen molar-refractivity contribution in [2.45, 2.75) is 13.8 Å². The van der Waals surface area contributed by atoms with Crippen LogP contribution in [-0.2, 0) is 0 Å². The van der Waals surface area contributed by atoms with E-state index in [1.807, 2.05) is 0 Å². The second-order valence-electron chi connectivity index (χ2n) is 3.63. The van der Waals surface area contributed by atoms with Crippen molar-refractivity contribution < 1.29 is 0 Å². The molecule has 1 fully saturated rings. The third-order valence-corrected chi connectivity index (χ3v) is 3.07. The monoisotopic (exact) mass is 194 g/mol. The maximum Gasteiger partial charge on any atom is 0.142 e. The fourth-order valence-electron chi connectivity index (χ4n) is 1.54.